The summed E-state index contributed by atoms with van der Waals surface area (Å²) >= 11 is 5.42. The predicted octanol–water partition coefficient (Wildman–Crippen LogP) is 3.97. The van der Waals surface area contributed by atoms with Crippen molar-refractivity contribution in [2.75, 3.05) is 18.0 Å². The molecule has 1 N–H and O–H groups in total. The average molecular weight is 366 g/mol. The summed E-state index contributed by atoms with van der Waals surface area (Å²) in [5.74, 6) is 1.12. The molecule has 1 aliphatic rings. The van der Waals surface area contributed by atoms with Gasteiger partial charge in [-0.15, -0.1) is 11.3 Å². The summed E-state index contributed by atoms with van der Waals surface area (Å²) in [5.41, 5.74) is 2.74. The molecule has 0 amide bonds. The number of halogens is 1. The summed E-state index contributed by atoms with van der Waals surface area (Å²) in [5, 5.41) is 5.69. The van der Waals surface area contributed by atoms with E-state index in [4.69, 9.17) is 0 Å². The predicted molar refractivity (Wildman–Crippen MR) is 93.0 cm³/mol. The first-order valence-corrected chi connectivity index (χ1v) is 9.10. The van der Waals surface area contributed by atoms with Gasteiger partial charge in [-0.2, -0.15) is 0 Å². The second kappa shape index (κ2) is 6.90. The number of fused-ring (bicyclic) bond motifs is 1. The molecule has 0 radical (unpaired) electrons. The lowest BCUT2D eigenvalue weighted by atomic mass is 10.1. The number of pyridine rings is 1. The normalized spacial score (nSPS) is 14.3. The van der Waals surface area contributed by atoms with Crippen LogP contribution in [0.3, 0.4) is 0 Å². The quantitative estimate of drug-likeness (QED) is 0.812. The van der Waals surface area contributed by atoms with Gasteiger partial charge in [-0.3, -0.25) is 0 Å². The zero-order valence-corrected chi connectivity index (χ0v) is 14.6. The molecule has 21 heavy (non-hydrogen) atoms. The lowest BCUT2D eigenvalue weighted by Gasteiger charge is -2.29. The minimum Gasteiger partial charge on any atom is -0.352 e. The summed E-state index contributed by atoms with van der Waals surface area (Å²) in [4.78, 5) is 8.62. The van der Waals surface area contributed by atoms with Gasteiger partial charge in [-0.1, -0.05) is 6.92 Å². The van der Waals surface area contributed by atoms with Gasteiger partial charge >= 0.3 is 0 Å². The highest BCUT2D eigenvalue weighted by atomic mass is 79.9. The molecule has 0 fully saturated rings. The molecule has 2 aromatic rings. The lowest BCUT2D eigenvalue weighted by molar-refractivity contribution is 0.663. The Kier molecular flexibility index (Phi) is 4.93. The summed E-state index contributed by atoms with van der Waals surface area (Å²) in [6.45, 7) is 6.15. The van der Waals surface area contributed by atoms with Crippen LogP contribution in [0.5, 0.6) is 0 Å². The second-order valence-corrected chi connectivity index (χ2v) is 7.27. The van der Waals surface area contributed by atoms with Crippen molar-refractivity contribution in [3.63, 3.8) is 0 Å². The molecule has 0 unspecified atom stereocenters. The monoisotopic (exact) mass is 365 g/mol. The van der Waals surface area contributed by atoms with Gasteiger partial charge in [-0.25, -0.2) is 4.98 Å². The van der Waals surface area contributed by atoms with Gasteiger partial charge < -0.3 is 10.2 Å². The van der Waals surface area contributed by atoms with E-state index in [1.807, 2.05) is 17.5 Å². The van der Waals surface area contributed by atoms with E-state index in [-0.39, 0.29) is 0 Å². The molecule has 0 bridgehead atoms. The first-order chi connectivity index (χ1) is 10.3. The van der Waals surface area contributed by atoms with E-state index in [9.17, 15) is 0 Å². The smallest absolute Gasteiger partial charge is 0.133 e. The van der Waals surface area contributed by atoms with Crippen LogP contribution in [0, 0.1) is 0 Å². The van der Waals surface area contributed by atoms with Crippen LogP contribution in [-0.4, -0.2) is 18.1 Å². The first kappa shape index (κ1) is 15.0. The number of aromatic nitrogens is 1. The molecule has 0 aliphatic carbocycles. The molecule has 5 heteroatoms. The number of hydrogen-bond acceptors (Lipinski definition) is 4. The summed E-state index contributed by atoms with van der Waals surface area (Å²) in [6.07, 6.45) is 4.19. The van der Waals surface area contributed by atoms with Gasteiger partial charge in [0.25, 0.3) is 0 Å². The van der Waals surface area contributed by atoms with Crippen LogP contribution in [0.2, 0.25) is 0 Å². The molecule has 0 spiro atoms. The van der Waals surface area contributed by atoms with Crippen LogP contribution in [0.1, 0.15) is 29.3 Å². The number of nitrogens with zero attached hydrogens (tertiary/aromatic N) is 2. The number of anilines is 1. The van der Waals surface area contributed by atoms with E-state index < -0.39 is 0 Å². The lowest BCUT2D eigenvalue weighted by Crippen LogP contribution is -2.31. The highest BCUT2D eigenvalue weighted by Crippen LogP contribution is 2.29. The summed E-state index contributed by atoms with van der Waals surface area (Å²) in [6, 6.07) is 4.44. The number of nitrogens with one attached hydrogen (secondary N) is 1. The fourth-order valence-electron chi connectivity index (χ4n) is 2.72. The molecular weight excluding hydrogens is 346 g/mol. The van der Waals surface area contributed by atoms with Crippen LogP contribution < -0.4 is 10.2 Å². The van der Waals surface area contributed by atoms with Gasteiger partial charge in [0.2, 0.25) is 0 Å². The number of rotatable bonds is 5. The highest BCUT2D eigenvalue weighted by molar-refractivity contribution is 9.10. The van der Waals surface area contributed by atoms with E-state index in [2.05, 4.69) is 55.6 Å². The molecule has 0 aromatic carbocycles. The molecule has 3 heterocycles. The van der Waals surface area contributed by atoms with E-state index in [1.165, 1.54) is 16.0 Å². The molecule has 0 saturated carbocycles. The van der Waals surface area contributed by atoms with Crippen LogP contribution in [0.25, 0.3) is 0 Å². The number of hydrogen-bond donors (Lipinski definition) is 1. The van der Waals surface area contributed by atoms with Gasteiger partial charge in [0.15, 0.2) is 0 Å². The van der Waals surface area contributed by atoms with Crippen LogP contribution in [0.4, 0.5) is 5.82 Å². The zero-order valence-electron chi connectivity index (χ0n) is 12.2. The van der Waals surface area contributed by atoms with Gasteiger partial charge in [-0.05, 0) is 58.4 Å². The number of thiophene rings is 1. The Morgan fingerprint density at radius 2 is 2.38 bits per heavy atom. The fraction of sp³-hybridized carbons (Fsp3) is 0.438. The Morgan fingerprint density at radius 1 is 1.48 bits per heavy atom. The topological polar surface area (TPSA) is 28.2 Å². The molecule has 0 atom stereocenters. The van der Waals surface area contributed by atoms with Crippen molar-refractivity contribution < 1.29 is 0 Å². The van der Waals surface area contributed by atoms with Crippen LogP contribution in [-0.2, 0) is 19.5 Å². The van der Waals surface area contributed by atoms with Gasteiger partial charge in [0.05, 0.1) is 0 Å². The summed E-state index contributed by atoms with van der Waals surface area (Å²) in [7, 11) is 0. The maximum absolute atomic E-state index is 4.68. The standard InChI is InChI=1S/C16H20BrN3S/c1-2-5-18-9-13-8-14(17)10-19-16(13)20-6-3-15-12(11-20)4-7-21-15/h4,7-8,10,18H,2-3,5-6,9,11H2,1H3. The highest BCUT2D eigenvalue weighted by Gasteiger charge is 2.20. The third kappa shape index (κ3) is 3.47. The van der Waals surface area contributed by atoms with E-state index >= 15 is 0 Å². The van der Waals surface area contributed by atoms with Crippen LogP contribution in [0.15, 0.2) is 28.2 Å². The third-order valence-electron chi connectivity index (χ3n) is 3.76. The van der Waals surface area contributed by atoms with Crippen molar-refractivity contribution >= 4 is 33.1 Å². The SMILES string of the molecule is CCCNCc1cc(Br)cnc1N1CCc2sccc2C1. The third-order valence-corrected chi connectivity index (χ3v) is 5.22. The van der Waals surface area contributed by atoms with Gasteiger partial charge in [0.1, 0.15) is 5.82 Å². The van der Waals surface area contributed by atoms with Gasteiger partial charge in [0, 0.05) is 40.7 Å². The molecule has 3 nitrogen and oxygen atoms in total. The van der Waals surface area contributed by atoms with Crippen molar-refractivity contribution in [3.05, 3.63) is 44.2 Å². The maximum Gasteiger partial charge on any atom is 0.133 e. The van der Waals surface area contributed by atoms with Crippen molar-refractivity contribution in [2.45, 2.75) is 32.9 Å². The van der Waals surface area contributed by atoms with E-state index in [0.717, 1.165) is 49.3 Å². The maximum atomic E-state index is 4.68. The Balaban J connectivity index is 1.81. The Bertz CT molecular complexity index is 611. The molecule has 2 aromatic heterocycles. The van der Waals surface area contributed by atoms with Crippen LogP contribution >= 0.6 is 27.3 Å². The molecule has 0 saturated heterocycles. The molecule has 1 aliphatic heterocycles. The zero-order chi connectivity index (χ0) is 14.7. The molecular formula is C16H20BrN3S. The van der Waals surface area contributed by atoms with Crippen molar-refractivity contribution in [1.29, 1.82) is 0 Å². The average Bonchev–Trinajstić information content (AvgIpc) is 2.95. The summed E-state index contributed by atoms with van der Waals surface area (Å²) < 4.78 is 1.05. The van der Waals surface area contributed by atoms with E-state index in [0.29, 0.717) is 0 Å². The van der Waals surface area contributed by atoms with Crippen molar-refractivity contribution in [3.8, 4) is 0 Å². The van der Waals surface area contributed by atoms with E-state index in [1.54, 1.807) is 0 Å². The first-order valence-electron chi connectivity index (χ1n) is 7.43. The van der Waals surface area contributed by atoms with Crippen molar-refractivity contribution in [1.82, 2.24) is 10.3 Å². The minimum atomic E-state index is 0.878. The molecule has 112 valence electrons. The molecule has 3 rings (SSSR count). The Morgan fingerprint density at radius 3 is 3.24 bits per heavy atom. The second-order valence-electron chi connectivity index (χ2n) is 5.35. The Hall–Kier alpha value is -0.910. The van der Waals surface area contributed by atoms with Crippen molar-refractivity contribution in [2.24, 2.45) is 0 Å². The minimum absolute atomic E-state index is 0.878. The fourth-order valence-corrected chi connectivity index (χ4v) is 3.99. The Labute approximate surface area is 138 Å². The largest absolute Gasteiger partial charge is 0.352 e.